The lowest BCUT2D eigenvalue weighted by Crippen LogP contribution is -1.94. The van der Waals surface area contributed by atoms with Crippen LogP contribution in [0.2, 0.25) is 0 Å². The molecule has 0 aromatic rings. The smallest absolute Gasteiger partial charge is 0.345 e. The van der Waals surface area contributed by atoms with Crippen molar-refractivity contribution in [3.8, 4) is 6.07 Å². The zero-order valence-corrected chi connectivity index (χ0v) is 5.51. The maximum atomic E-state index is 9.61. The number of rotatable bonds is 1. The highest BCUT2D eigenvalue weighted by molar-refractivity contribution is 5.90. The molecule has 0 aliphatic carbocycles. The van der Waals surface area contributed by atoms with Crippen LogP contribution >= 0.6 is 0 Å². The van der Waals surface area contributed by atoms with E-state index in [2.05, 4.69) is 6.58 Å². The molecule has 0 aromatic carbocycles. The van der Waals surface area contributed by atoms with Crippen LogP contribution in [0.1, 0.15) is 13.8 Å². The molecule has 0 aliphatic rings. The number of aliphatic carboxylic acids is 1. The minimum Gasteiger partial charge on any atom is -0.477 e. The van der Waals surface area contributed by atoms with Crippen LogP contribution in [0.3, 0.4) is 0 Å². The third-order valence-electron chi connectivity index (χ3n) is 0.393. The quantitative estimate of drug-likeness (QED) is 0.425. The summed E-state index contributed by atoms with van der Waals surface area (Å²) in [5.41, 5.74) is -0.431. The highest BCUT2D eigenvalue weighted by Crippen LogP contribution is 1.81. The van der Waals surface area contributed by atoms with E-state index in [1.54, 1.807) is 0 Å². The second kappa shape index (κ2) is 6.70. The summed E-state index contributed by atoms with van der Waals surface area (Å²) >= 11 is 0. The highest BCUT2D eigenvalue weighted by Gasteiger charge is 1.97. The SMILES string of the molecule is C=C(C#N)C(=O)O.CC. The second-order valence-electron chi connectivity index (χ2n) is 0.896. The van der Waals surface area contributed by atoms with E-state index in [0.717, 1.165) is 0 Å². The molecular formula is C6H9NO2. The van der Waals surface area contributed by atoms with E-state index >= 15 is 0 Å². The zero-order chi connectivity index (χ0) is 7.86. The van der Waals surface area contributed by atoms with Crippen molar-refractivity contribution in [1.29, 1.82) is 5.26 Å². The number of nitriles is 1. The summed E-state index contributed by atoms with van der Waals surface area (Å²) in [7, 11) is 0. The molecule has 0 aliphatic heterocycles. The van der Waals surface area contributed by atoms with E-state index in [0.29, 0.717) is 0 Å². The number of hydrogen-bond acceptors (Lipinski definition) is 2. The lowest BCUT2D eigenvalue weighted by atomic mass is 10.4. The molecule has 50 valence electrons. The van der Waals surface area contributed by atoms with Crippen LogP contribution < -0.4 is 0 Å². The first-order valence-electron chi connectivity index (χ1n) is 2.50. The first-order chi connectivity index (χ1) is 4.18. The van der Waals surface area contributed by atoms with Gasteiger partial charge in [-0.25, -0.2) is 4.79 Å². The maximum Gasteiger partial charge on any atom is 0.345 e. The minimum atomic E-state index is -1.26. The average Bonchev–Trinajstić information content (AvgIpc) is 1.91. The number of carboxylic acids is 1. The summed E-state index contributed by atoms with van der Waals surface area (Å²) in [6.45, 7) is 6.91. The van der Waals surface area contributed by atoms with Gasteiger partial charge in [0.25, 0.3) is 0 Å². The molecule has 0 rings (SSSR count). The summed E-state index contributed by atoms with van der Waals surface area (Å²) in [5.74, 6) is -1.26. The Balaban J connectivity index is 0. The van der Waals surface area contributed by atoms with Crippen LogP contribution in [0.15, 0.2) is 12.2 Å². The van der Waals surface area contributed by atoms with Crippen molar-refractivity contribution in [2.45, 2.75) is 13.8 Å². The van der Waals surface area contributed by atoms with Gasteiger partial charge in [-0.2, -0.15) is 5.26 Å². The van der Waals surface area contributed by atoms with E-state index in [1.165, 1.54) is 6.07 Å². The van der Waals surface area contributed by atoms with Crippen molar-refractivity contribution in [2.24, 2.45) is 0 Å². The molecule has 0 spiro atoms. The predicted octanol–water partition coefficient (Wildman–Crippen LogP) is 1.18. The molecule has 9 heavy (non-hydrogen) atoms. The molecular weight excluding hydrogens is 118 g/mol. The van der Waals surface area contributed by atoms with Crippen molar-refractivity contribution in [3.63, 3.8) is 0 Å². The Labute approximate surface area is 54.2 Å². The van der Waals surface area contributed by atoms with Crippen LogP contribution in [-0.2, 0) is 4.79 Å². The van der Waals surface area contributed by atoms with Crippen molar-refractivity contribution < 1.29 is 9.90 Å². The molecule has 0 fully saturated rings. The Morgan fingerprint density at radius 2 is 2.00 bits per heavy atom. The lowest BCUT2D eigenvalue weighted by Gasteiger charge is -1.76. The molecule has 0 atom stereocenters. The van der Waals surface area contributed by atoms with Crippen LogP contribution in [0.25, 0.3) is 0 Å². The Morgan fingerprint density at radius 3 is 2.00 bits per heavy atom. The number of carboxylic acid groups (broad SMARTS) is 1. The van der Waals surface area contributed by atoms with Crippen molar-refractivity contribution >= 4 is 5.97 Å². The molecule has 0 saturated carbocycles. The van der Waals surface area contributed by atoms with E-state index in [4.69, 9.17) is 10.4 Å². The fraction of sp³-hybridized carbons (Fsp3) is 0.333. The van der Waals surface area contributed by atoms with Gasteiger partial charge in [0, 0.05) is 0 Å². The monoisotopic (exact) mass is 127 g/mol. The van der Waals surface area contributed by atoms with Gasteiger partial charge in [0.1, 0.15) is 11.6 Å². The fourth-order valence-electron chi connectivity index (χ4n) is 0.0478. The van der Waals surface area contributed by atoms with Crippen LogP contribution in [0.5, 0.6) is 0 Å². The zero-order valence-electron chi connectivity index (χ0n) is 5.51. The summed E-state index contributed by atoms with van der Waals surface area (Å²) in [6, 6.07) is 1.37. The largest absolute Gasteiger partial charge is 0.477 e. The Morgan fingerprint density at radius 1 is 1.67 bits per heavy atom. The van der Waals surface area contributed by atoms with Crippen molar-refractivity contribution in [2.75, 3.05) is 0 Å². The van der Waals surface area contributed by atoms with Crippen molar-refractivity contribution in [3.05, 3.63) is 12.2 Å². The Kier molecular flexibility index (Phi) is 7.92. The number of carbonyl (C=O) groups is 1. The van der Waals surface area contributed by atoms with E-state index < -0.39 is 11.5 Å². The predicted molar refractivity (Wildman–Crippen MR) is 33.7 cm³/mol. The molecule has 0 radical (unpaired) electrons. The molecule has 0 saturated heterocycles. The van der Waals surface area contributed by atoms with Gasteiger partial charge in [-0.1, -0.05) is 20.4 Å². The fourth-order valence-corrected chi connectivity index (χ4v) is 0.0478. The molecule has 3 heteroatoms. The van der Waals surface area contributed by atoms with Crippen LogP contribution in [-0.4, -0.2) is 11.1 Å². The van der Waals surface area contributed by atoms with E-state index in [9.17, 15) is 4.79 Å². The molecule has 0 heterocycles. The molecule has 3 nitrogen and oxygen atoms in total. The molecule has 0 aromatic heterocycles. The first-order valence-corrected chi connectivity index (χ1v) is 2.50. The second-order valence-corrected chi connectivity index (χ2v) is 0.896. The van der Waals surface area contributed by atoms with E-state index in [-0.39, 0.29) is 0 Å². The molecule has 0 unspecified atom stereocenters. The Bertz CT molecular complexity index is 144. The number of nitrogens with zero attached hydrogens (tertiary/aromatic N) is 1. The first kappa shape index (κ1) is 10.6. The maximum absolute atomic E-state index is 9.61. The standard InChI is InChI=1S/C4H3NO2.C2H6/c1-3(2-5)4(6)7;1-2/h1H2,(H,6,7);1-2H3. The van der Waals surface area contributed by atoms with Crippen LogP contribution in [0.4, 0.5) is 0 Å². The van der Waals surface area contributed by atoms with Gasteiger partial charge in [-0.3, -0.25) is 0 Å². The van der Waals surface area contributed by atoms with Crippen molar-refractivity contribution in [1.82, 2.24) is 0 Å². The Hall–Kier alpha value is -1.30. The van der Waals surface area contributed by atoms with E-state index in [1.807, 2.05) is 13.8 Å². The van der Waals surface area contributed by atoms with Gasteiger partial charge in [0.2, 0.25) is 0 Å². The van der Waals surface area contributed by atoms with Crippen LogP contribution in [0, 0.1) is 11.3 Å². The normalized spacial score (nSPS) is 5.89. The summed E-state index contributed by atoms with van der Waals surface area (Å²) in [5, 5.41) is 15.6. The lowest BCUT2D eigenvalue weighted by molar-refractivity contribution is -0.132. The summed E-state index contributed by atoms with van der Waals surface area (Å²) in [6.07, 6.45) is 0. The number of hydrogen-bond donors (Lipinski definition) is 1. The topological polar surface area (TPSA) is 61.1 Å². The molecule has 1 N–H and O–H groups in total. The van der Waals surface area contributed by atoms with Gasteiger partial charge in [0.15, 0.2) is 0 Å². The van der Waals surface area contributed by atoms with Gasteiger partial charge in [-0.05, 0) is 0 Å². The third-order valence-corrected chi connectivity index (χ3v) is 0.393. The molecule has 0 amide bonds. The summed E-state index contributed by atoms with van der Waals surface area (Å²) < 4.78 is 0. The third kappa shape index (κ3) is 6.70. The van der Waals surface area contributed by atoms with Gasteiger partial charge in [-0.15, -0.1) is 0 Å². The highest BCUT2D eigenvalue weighted by atomic mass is 16.4. The summed E-state index contributed by atoms with van der Waals surface area (Å²) in [4.78, 5) is 9.61. The van der Waals surface area contributed by atoms with Gasteiger partial charge in [0.05, 0.1) is 0 Å². The minimum absolute atomic E-state index is 0.431. The molecule has 0 bridgehead atoms. The average molecular weight is 127 g/mol. The van der Waals surface area contributed by atoms with Gasteiger partial charge < -0.3 is 5.11 Å². The van der Waals surface area contributed by atoms with Gasteiger partial charge >= 0.3 is 5.97 Å².